The van der Waals surface area contributed by atoms with Crippen LogP contribution in [-0.4, -0.2) is 28.7 Å². The Labute approximate surface area is 90.2 Å². The van der Waals surface area contributed by atoms with Crippen molar-refractivity contribution < 1.29 is 0 Å². The molecule has 1 saturated heterocycles. The predicted molar refractivity (Wildman–Crippen MR) is 64.4 cm³/mol. The van der Waals surface area contributed by atoms with Crippen LogP contribution in [-0.2, 0) is 0 Å². The normalized spacial score (nSPS) is 22.8. The molecule has 0 aromatic carbocycles. The second kappa shape index (κ2) is 5.70. The van der Waals surface area contributed by atoms with E-state index in [0.29, 0.717) is 12.1 Å². The van der Waals surface area contributed by atoms with E-state index in [0.717, 1.165) is 5.11 Å². The molecule has 0 amide bonds. The Morgan fingerprint density at radius 2 is 2.31 bits per heavy atom. The molecule has 4 heteroatoms. The highest BCUT2D eigenvalue weighted by Gasteiger charge is 2.14. The van der Waals surface area contributed by atoms with Crippen LogP contribution in [0.5, 0.6) is 0 Å². The first-order valence-electron chi connectivity index (χ1n) is 4.83. The van der Waals surface area contributed by atoms with Crippen molar-refractivity contribution in [2.75, 3.05) is 11.5 Å². The fraction of sp³-hybridized carbons (Fsp3) is 0.889. The van der Waals surface area contributed by atoms with Crippen molar-refractivity contribution in [1.29, 1.82) is 0 Å². The molecule has 1 fully saturated rings. The molecule has 0 radical (unpaired) electrons. The molecule has 13 heavy (non-hydrogen) atoms. The van der Waals surface area contributed by atoms with Crippen LogP contribution in [0.1, 0.15) is 26.7 Å². The third kappa shape index (κ3) is 4.72. The second-order valence-corrected chi connectivity index (χ2v) is 5.24. The first kappa shape index (κ1) is 11.1. The van der Waals surface area contributed by atoms with Gasteiger partial charge in [-0.1, -0.05) is 0 Å². The minimum Gasteiger partial charge on any atom is -0.361 e. The van der Waals surface area contributed by atoms with E-state index < -0.39 is 0 Å². The third-order valence-electron chi connectivity index (χ3n) is 1.92. The third-order valence-corrected chi connectivity index (χ3v) is 3.37. The van der Waals surface area contributed by atoms with E-state index in [2.05, 4.69) is 24.5 Å². The van der Waals surface area contributed by atoms with Crippen LogP contribution in [0.25, 0.3) is 0 Å². The number of hydrogen-bond donors (Lipinski definition) is 2. The molecule has 0 aromatic heterocycles. The van der Waals surface area contributed by atoms with Gasteiger partial charge in [0.25, 0.3) is 0 Å². The van der Waals surface area contributed by atoms with Crippen LogP contribution in [0.15, 0.2) is 0 Å². The van der Waals surface area contributed by atoms with Crippen molar-refractivity contribution >= 4 is 29.1 Å². The van der Waals surface area contributed by atoms with Crippen LogP contribution in [0.2, 0.25) is 0 Å². The van der Waals surface area contributed by atoms with E-state index in [4.69, 9.17) is 12.2 Å². The standard InChI is InChI=1S/C9H18N2S2/c1-7(2)10-9(12)11-8-4-3-5-13-6-8/h7-8H,3-6H2,1-2H3,(H2,10,11,12). The van der Waals surface area contributed by atoms with Gasteiger partial charge in [0, 0.05) is 17.8 Å². The van der Waals surface area contributed by atoms with Gasteiger partial charge < -0.3 is 10.6 Å². The molecule has 1 atom stereocenters. The van der Waals surface area contributed by atoms with Crippen LogP contribution >= 0.6 is 24.0 Å². The summed E-state index contributed by atoms with van der Waals surface area (Å²) in [7, 11) is 0. The molecule has 1 unspecified atom stereocenters. The van der Waals surface area contributed by atoms with Crippen LogP contribution in [0, 0.1) is 0 Å². The van der Waals surface area contributed by atoms with Crippen molar-refractivity contribution in [3.63, 3.8) is 0 Å². The van der Waals surface area contributed by atoms with Gasteiger partial charge in [-0.2, -0.15) is 11.8 Å². The number of rotatable bonds is 2. The number of thiocarbonyl (C=S) groups is 1. The Morgan fingerprint density at radius 3 is 2.85 bits per heavy atom. The van der Waals surface area contributed by atoms with Gasteiger partial charge in [-0.25, -0.2) is 0 Å². The highest BCUT2D eigenvalue weighted by molar-refractivity contribution is 7.99. The van der Waals surface area contributed by atoms with Gasteiger partial charge in [-0.3, -0.25) is 0 Å². The van der Waals surface area contributed by atoms with Crippen molar-refractivity contribution in [1.82, 2.24) is 10.6 Å². The summed E-state index contributed by atoms with van der Waals surface area (Å²) in [5.41, 5.74) is 0. The van der Waals surface area contributed by atoms with Crippen LogP contribution < -0.4 is 10.6 Å². The zero-order chi connectivity index (χ0) is 9.68. The largest absolute Gasteiger partial charge is 0.361 e. The molecule has 1 heterocycles. The average molecular weight is 218 g/mol. The molecule has 76 valence electrons. The fourth-order valence-corrected chi connectivity index (χ4v) is 2.82. The number of hydrogen-bond acceptors (Lipinski definition) is 2. The predicted octanol–water partition coefficient (Wildman–Crippen LogP) is 1.75. The quantitative estimate of drug-likeness (QED) is 0.690. The lowest BCUT2D eigenvalue weighted by molar-refractivity contribution is 0.580. The lowest BCUT2D eigenvalue weighted by Gasteiger charge is -2.24. The summed E-state index contributed by atoms with van der Waals surface area (Å²) in [6, 6.07) is 1.01. The Bertz CT molecular complexity index is 165. The van der Waals surface area contributed by atoms with E-state index in [1.165, 1.54) is 24.3 Å². The van der Waals surface area contributed by atoms with E-state index in [1.54, 1.807) is 0 Å². The molecular formula is C9H18N2S2. The molecule has 0 bridgehead atoms. The van der Waals surface area contributed by atoms with E-state index in [-0.39, 0.29) is 0 Å². The minimum absolute atomic E-state index is 0.427. The molecule has 2 nitrogen and oxygen atoms in total. The number of nitrogens with one attached hydrogen (secondary N) is 2. The maximum absolute atomic E-state index is 5.18. The van der Waals surface area contributed by atoms with Gasteiger partial charge in [0.1, 0.15) is 0 Å². The summed E-state index contributed by atoms with van der Waals surface area (Å²) in [6.07, 6.45) is 2.57. The first-order chi connectivity index (χ1) is 6.18. The lowest BCUT2D eigenvalue weighted by Crippen LogP contribution is -2.46. The van der Waals surface area contributed by atoms with Gasteiger partial charge in [0.2, 0.25) is 0 Å². The van der Waals surface area contributed by atoms with Gasteiger partial charge in [0.05, 0.1) is 0 Å². The zero-order valence-electron chi connectivity index (χ0n) is 8.30. The number of thioether (sulfide) groups is 1. The molecule has 1 aliphatic heterocycles. The molecule has 0 aliphatic carbocycles. The fourth-order valence-electron chi connectivity index (χ4n) is 1.34. The summed E-state index contributed by atoms with van der Waals surface area (Å²) in [5, 5.41) is 7.36. The van der Waals surface area contributed by atoms with Gasteiger partial charge >= 0.3 is 0 Å². The van der Waals surface area contributed by atoms with E-state index in [1.807, 2.05) is 11.8 Å². The van der Waals surface area contributed by atoms with Crippen molar-refractivity contribution in [3.05, 3.63) is 0 Å². The summed E-state index contributed by atoms with van der Waals surface area (Å²) in [5.74, 6) is 2.50. The minimum atomic E-state index is 0.427. The average Bonchev–Trinajstić information content (AvgIpc) is 2.04. The van der Waals surface area contributed by atoms with Crippen molar-refractivity contribution in [2.45, 2.75) is 38.8 Å². The summed E-state index contributed by atoms with van der Waals surface area (Å²) >= 11 is 7.19. The van der Waals surface area contributed by atoms with Crippen molar-refractivity contribution in [3.8, 4) is 0 Å². The molecule has 0 aromatic rings. The van der Waals surface area contributed by atoms with E-state index >= 15 is 0 Å². The Morgan fingerprint density at radius 1 is 1.54 bits per heavy atom. The Balaban J connectivity index is 2.18. The molecule has 0 saturated carbocycles. The second-order valence-electron chi connectivity index (χ2n) is 3.69. The Hall–Kier alpha value is 0.0400. The molecule has 1 aliphatic rings. The van der Waals surface area contributed by atoms with Gasteiger partial charge in [-0.05, 0) is 44.7 Å². The van der Waals surface area contributed by atoms with Crippen molar-refractivity contribution in [2.24, 2.45) is 0 Å². The monoisotopic (exact) mass is 218 g/mol. The van der Waals surface area contributed by atoms with Crippen LogP contribution in [0.3, 0.4) is 0 Å². The maximum atomic E-state index is 5.18. The smallest absolute Gasteiger partial charge is 0.166 e. The molecule has 1 rings (SSSR count). The SMILES string of the molecule is CC(C)NC(=S)NC1CCCSC1. The lowest BCUT2D eigenvalue weighted by atomic mass is 10.2. The summed E-state index contributed by atoms with van der Waals surface area (Å²) in [6.45, 7) is 4.20. The topological polar surface area (TPSA) is 24.1 Å². The molecular weight excluding hydrogens is 200 g/mol. The first-order valence-corrected chi connectivity index (χ1v) is 6.39. The van der Waals surface area contributed by atoms with E-state index in [9.17, 15) is 0 Å². The van der Waals surface area contributed by atoms with Crippen LogP contribution in [0.4, 0.5) is 0 Å². The Kier molecular flexibility index (Phi) is 4.88. The maximum Gasteiger partial charge on any atom is 0.166 e. The highest BCUT2D eigenvalue weighted by Crippen LogP contribution is 2.16. The molecule has 2 N–H and O–H groups in total. The zero-order valence-corrected chi connectivity index (χ0v) is 9.93. The summed E-state index contributed by atoms with van der Waals surface area (Å²) in [4.78, 5) is 0. The highest BCUT2D eigenvalue weighted by atomic mass is 32.2. The molecule has 0 spiro atoms. The summed E-state index contributed by atoms with van der Waals surface area (Å²) < 4.78 is 0. The van der Waals surface area contributed by atoms with Gasteiger partial charge in [0.15, 0.2) is 5.11 Å². The van der Waals surface area contributed by atoms with Gasteiger partial charge in [-0.15, -0.1) is 0 Å².